The Labute approximate surface area is 166 Å². The van der Waals surface area contributed by atoms with Gasteiger partial charge in [-0.05, 0) is 35.9 Å². The smallest absolute Gasteiger partial charge is 0.223 e. The maximum absolute atomic E-state index is 13.0. The van der Waals surface area contributed by atoms with Crippen molar-refractivity contribution in [3.8, 4) is 11.3 Å². The molecule has 1 amide bonds. The summed E-state index contributed by atoms with van der Waals surface area (Å²) >= 11 is 12.2. The molecule has 0 saturated carbocycles. The van der Waals surface area contributed by atoms with Crippen LogP contribution in [0.2, 0.25) is 10.0 Å². The highest BCUT2D eigenvalue weighted by molar-refractivity contribution is 6.42. The van der Waals surface area contributed by atoms with Gasteiger partial charge in [-0.2, -0.15) is 0 Å². The van der Waals surface area contributed by atoms with E-state index in [1.54, 1.807) is 42.4 Å². The Balaban J connectivity index is 1.57. The van der Waals surface area contributed by atoms with Crippen LogP contribution in [0.3, 0.4) is 0 Å². The van der Waals surface area contributed by atoms with Crippen LogP contribution < -0.4 is 0 Å². The number of oxazole rings is 1. The van der Waals surface area contributed by atoms with Crippen LogP contribution in [-0.2, 0) is 17.8 Å². The molecule has 0 aliphatic carbocycles. The van der Waals surface area contributed by atoms with E-state index >= 15 is 0 Å². The molecule has 3 rings (SSSR count). The zero-order valence-electron chi connectivity index (χ0n) is 14.6. The topological polar surface area (TPSA) is 46.3 Å². The maximum atomic E-state index is 13.0. The van der Waals surface area contributed by atoms with Gasteiger partial charge in [0.25, 0.3) is 0 Å². The second-order valence-electron chi connectivity index (χ2n) is 6.09. The first-order valence-electron chi connectivity index (χ1n) is 8.31. The summed E-state index contributed by atoms with van der Waals surface area (Å²) < 4.78 is 18.6. The van der Waals surface area contributed by atoms with Gasteiger partial charge in [-0.1, -0.05) is 35.3 Å². The highest BCUT2D eigenvalue weighted by atomic mass is 35.5. The number of amides is 1. The quantitative estimate of drug-likeness (QED) is 0.551. The predicted octanol–water partition coefficient (Wildman–Crippen LogP) is 5.38. The second kappa shape index (κ2) is 8.55. The van der Waals surface area contributed by atoms with Crippen molar-refractivity contribution < 1.29 is 13.6 Å². The molecule has 0 atom stereocenters. The molecular formula is C20H17Cl2FN2O2. The Morgan fingerprint density at radius 3 is 2.67 bits per heavy atom. The third kappa shape index (κ3) is 4.87. The summed E-state index contributed by atoms with van der Waals surface area (Å²) in [7, 11) is 1.71. The van der Waals surface area contributed by atoms with Gasteiger partial charge in [0.2, 0.25) is 5.91 Å². The van der Waals surface area contributed by atoms with Gasteiger partial charge in [0.05, 0.1) is 16.2 Å². The molecule has 3 aromatic rings. The molecule has 7 heteroatoms. The Morgan fingerprint density at radius 1 is 1.19 bits per heavy atom. The molecular weight excluding hydrogens is 390 g/mol. The fourth-order valence-electron chi connectivity index (χ4n) is 2.59. The fraction of sp³-hybridized carbons (Fsp3) is 0.200. The van der Waals surface area contributed by atoms with Crippen LogP contribution in [0.1, 0.15) is 17.9 Å². The van der Waals surface area contributed by atoms with Crippen LogP contribution in [0.5, 0.6) is 0 Å². The van der Waals surface area contributed by atoms with Gasteiger partial charge in [0.15, 0.2) is 11.7 Å². The second-order valence-corrected chi connectivity index (χ2v) is 6.87. The lowest BCUT2D eigenvalue weighted by atomic mass is 10.2. The molecule has 0 aliphatic rings. The van der Waals surface area contributed by atoms with Crippen molar-refractivity contribution in [2.24, 2.45) is 0 Å². The summed E-state index contributed by atoms with van der Waals surface area (Å²) in [5.74, 6) is 0.618. The van der Waals surface area contributed by atoms with Crippen LogP contribution in [0.25, 0.3) is 11.3 Å². The molecule has 0 spiro atoms. The van der Waals surface area contributed by atoms with Gasteiger partial charge in [-0.25, -0.2) is 9.37 Å². The molecule has 0 N–H and O–H groups in total. The Bertz CT molecular complexity index is 941. The minimum atomic E-state index is -0.313. The predicted molar refractivity (Wildman–Crippen MR) is 103 cm³/mol. The van der Waals surface area contributed by atoms with E-state index in [-0.39, 0.29) is 18.1 Å². The van der Waals surface area contributed by atoms with Crippen LogP contribution in [0.15, 0.2) is 53.1 Å². The first-order chi connectivity index (χ1) is 12.9. The molecule has 0 unspecified atom stereocenters. The van der Waals surface area contributed by atoms with Crippen LogP contribution in [0, 0.1) is 5.82 Å². The molecule has 0 aliphatic heterocycles. The van der Waals surface area contributed by atoms with Crippen LogP contribution in [0.4, 0.5) is 4.39 Å². The third-order valence-electron chi connectivity index (χ3n) is 4.10. The minimum absolute atomic E-state index is 0.0624. The number of rotatable bonds is 6. The van der Waals surface area contributed by atoms with E-state index in [9.17, 15) is 9.18 Å². The zero-order valence-corrected chi connectivity index (χ0v) is 16.1. The van der Waals surface area contributed by atoms with Gasteiger partial charge < -0.3 is 9.32 Å². The number of carbonyl (C=O) groups excluding carboxylic acids is 1. The normalized spacial score (nSPS) is 10.8. The lowest BCUT2D eigenvalue weighted by Gasteiger charge is -2.18. The van der Waals surface area contributed by atoms with E-state index < -0.39 is 0 Å². The number of halogens is 3. The van der Waals surface area contributed by atoms with Crippen molar-refractivity contribution in [1.82, 2.24) is 9.88 Å². The number of hydrogen-bond donors (Lipinski definition) is 0. The molecule has 1 aromatic heterocycles. The van der Waals surface area contributed by atoms with E-state index in [2.05, 4.69) is 4.98 Å². The Morgan fingerprint density at radius 2 is 1.93 bits per heavy atom. The number of nitrogens with zero attached hydrogens (tertiary/aromatic N) is 2. The van der Waals surface area contributed by atoms with Gasteiger partial charge in [-0.15, -0.1) is 0 Å². The monoisotopic (exact) mass is 406 g/mol. The molecule has 2 aromatic carbocycles. The van der Waals surface area contributed by atoms with Crippen molar-refractivity contribution in [2.75, 3.05) is 7.05 Å². The van der Waals surface area contributed by atoms with E-state index in [0.717, 1.165) is 11.1 Å². The van der Waals surface area contributed by atoms with Gasteiger partial charge in [0, 0.05) is 32.0 Å². The lowest BCUT2D eigenvalue weighted by Crippen LogP contribution is -2.26. The number of carbonyl (C=O) groups is 1. The largest absolute Gasteiger partial charge is 0.441 e. The SMILES string of the molecule is CN(Cc1cccc(Cl)c1Cl)C(=O)CCc1ncc(-c2ccc(F)cc2)o1. The van der Waals surface area contributed by atoms with E-state index in [1.165, 1.54) is 12.1 Å². The zero-order chi connectivity index (χ0) is 19.4. The molecule has 0 saturated heterocycles. The first-order valence-corrected chi connectivity index (χ1v) is 9.07. The van der Waals surface area contributed by atoms with E-state index in [1.807, 2.05) is 6.07 Å². The first kappa shape index (κ1) is 19.4. The maximum Gasteiger partial charge on any atom is 0.223 e. The fourth-order valence-corrected chi connectivity index (χ4v) is 2.97. The summed E-state index contributed by atoms with van der Waals surface area (Å²) in [5.41, 5.74) is 1.52. The molecule has 140 valence electrons. The highest BCUT2D eigenvalue weighted by Crippen LogP contribution is 2.26. The van der Waals surface area contributed by atoms with Crippen molar-refractivity contribution in [3.05, 3.63) is 76.0 Å². The number of aryl methyl sites for hydroxylation is 1. The van der Waals surface area contributed by atoms with Crippen molar-refractivity contribution in [3.63, 3.8) is 0 Å². The number of benzene rings is 2. The Kier molecular flexibility index (Phi) is 6.14. The Hall–Kier alpha value is -2.37. The van der Waals surface area contributed by atoms with Crippen molar-refractivity contribution in [2.45, 2.75) is 19.4 Å². The third-order valence-corrected chi connectivity index (χ3v) is 4.96. The highest BCUT2D eigenvalue weighted by Gasteiger charge is 2.14. The summed E-state index contributed by atoms with van der Waals surface area (Å²) in [5, 5.41) is 0.915. The van der Waals surface area contributed by atoms with Gasteiger partial charge in [0.1, 0.15) is 5.82 Å². The molecule has 0 bridgehead atoms. The lowest BCUT2D eigenvalue weighted by molar-refractivity contribution is -0.130. The van der Waals surface area contributed by atoms with E-state index in [0.29, 0.717) is 34.7 Å². The average molecular weight is 407 g/mol. The van der Waals surface area contributed by atoms with Crippen LogP contribution >= 0.6 is 23.2 Å². The van der Waals surface area contributed by atoms with E-state index in [4.69, 9.17) is 27.6 Å². The molecule has 0 radical (unpaired) electrons. The average Bonchev–Trinajstić information content (AvgIpc) is 3.13. The standard InChI is InChI=1S/C20H17Cl2FN2O2/c1-25(12-14-3-2-4-16(21)20(14)22)19(26)10-9-18-24-11-17(27-18)13-5-7-15(23)8-6-13/h2-8,11H,9-10,12H2,1H3. The molecule has 27 heavy (non-hydrogen) atoms. The van der Waals surface area contributed by atoms with Crippen molar-refractivity contribution in [1.29, 1.82) is 0 Å². The van der Waals surface area contributed by atoms with Gasteiger partial charge in [-0.3, -0.25) is 4.79 Å². The van der Waals surface area contributed by atoms with Crippen molar-refractivity contribution >= 4 is 29.1 Å². The number of hydrogen-bond acceptors (Lipinski definition) is 3. The minimum Gasteiger partial charge on any atom is -0.441 e. The molecule has 1 heterocycles. The number of aromatic nitrogens is 1. The molecule has 0 fully saturated rings. The summed E-state index contributed by atoms with van der Waals surface area (Å²) in [6, 6.07) is 11.3. The molecule has 4 nitrogen and oxygen atoms in total. The van der Waals surface area contributed by atoms with Gasteiger partial charge >= 0.3 is 0 Å². The summed E-state index contributed by atoms with van der Waals surface area (Å²) in [4.78, 5) is 18.1. The van der Waals surface area contributed by atoms with Crippen LogP contribution in [-0.4, -0.2) is 22.8 Å². The summed E-state index contributed by atoms with van der Waals surface area (Å²) in [6.45, 7) is 0.366. The summed E-state index contributed by atoms with van der Waals surface area (Å²) in [6.07, 6.45) is 2.19.